The van der Waals surface area contributed by atoms with Gasteiger partial charge in [0.15, 0.2) is 0 Å². The minimum Gasteiger partial charge on any atom is -0.350 e. The molecule has 35 heavy (non-hydrogen) atoms. The first kappa shape index (κ1) is 26.6. The number of rotatable bonds is 8. The molecular weight excluding hydrogens is 462 g/mol. The molecule has 2 amide bonds. The summed E-state index contributed by atoms with van der Waals surface area (Å²) in [4.78, 5) is 24.3. The van der Waals surface area contributed by atoms with Gasteiger partial charge in [-0.05, 0) is 82.9 Å². The van der Waals surface area contributed by atoms with Crippen LogP contribution in [0.25, 0.3) is 0 Å². The third kappa shape index (κ3) is 6.38. The number of amides is 2. The molecule has 0 aromatic heterocycles. The summed E-state index contributed by atoms with van der Waals surface area (Å²) in [5.41, 5.74) is 0.169. The second-order valence-corrected chi connectivity index (χ2v) is 12.1. The van der Waals surface area contributed by atoms with Crippen molar-refractivity contribution in [2.75, 3.05) is 5.32 Å². The van der Waals surface area contributed by atoms with Crippen LogP contribution < -0.4 is 10.6 Å². The third-order valence-electron chi connectivity index (χ3n) is 6.28. The Bertz CT molecular complexity index is 1150. The van der Waals surface area contributed by atoms with Crippen molar-refractivity contribution in [1.82, 2.24) is 9.62 Å². The van der Waals surface area contributed by atoms with Gasteiger partial charge in [0.25, 0.3) is 0 Å². The highest BCUT2D eigenvalue weighted by Crippen LogP contribution is 2.42. The molecule has 0 unspecified atom stereocenters. The van der Waals surface area contributed by atoms with Gasteiger partial charge in [-0.2, -0.15) is 4.31 Å². The van der Waals surface area contributed by atoms with Gasteiger partial charge in [0.2, 0.25) is 21.8 Å². The monoisotopic (exact) mass is 497 g/mol. The Morgan fingerprint density at radius 2 is 1.57 bits per heavy atom. The molecule has 0 spiro atoms. The molecule has 1 heterocycles. The van der Waals surface area contributed by atoms with E-state index in [1.54, 1.807) is 16.4 Å². The lowest BCUT2D eigenvalue weighted by Crippen LogP contribution is -2.65. The summed E-state index contributed by atoms with van der Waals surface area (Å²) in [5.74, 6) is -0.394. The van der Waals surface area contributed by atoms with Gasteiger partial charge in [0, 0.05) is 29.2 Å². The predicted molar refractivity (Wildman–Crippen MR) is 138 cm³/mol. The highest BCUT2D eigenvalue weighted by atomic mass is 32.2. The maximum Gasteiger partial charge on any atom is 0.244 e. The lowest BCUT2D eigenvalue weighted by molar-refractivity contribution is -0.118. The van der Waals surface area contributed by atoms with Crippen LogP contribution in [-0.2, 0) is 26.0 Å². The smallest absolute Gasteiger partial charge is 0.244 e. The van der Waals surface area contributed by atoms with Crippen molar-refractivity contribution < 1.29 is 18.0 Å². The summed E-state index contributed by atoms with van der Waals surface area (Å²) in [7, 11) is -3.84. The zero-order valence-corrected chi connectivity index (χ0v) is 21.7. The van der Waals surface area contributed by atoms with Gasteiger partial charge >= 0.3 is 0 Å². The molecule has 2 N–H and O–H groups in total. The zero-order chi connectivity index (χ0) is 25.9. The molecule has 1 saturated heterocycles. The largest absolute Gasteiger partial charge is 0.350 e. The topological polar surface area (TPSA) is 95.6 Å². The van der Waals surface area contributed by atoms with E-state index < -0.39 is 21.1 Å². The van der Waals surface area contributed by atoms with Crippen molar-refractivity contribution in [3.8, 4) is 0 Å². The molecule has 0 radical (unpaired) electrons. The summed E-state index contributed by atoms with van der Waals surface area (Å²) in [6.45, 7) is 11.0. The number of nitrogens with zero attached hydrogens (tertiary/aromatic N) is 1. The summed E-state index contributed by atoms with van der Waals surface area (Å²) in [5, 5.41) is 5.76. The SMILES string of the molecule is C=CC(=O)NC1CC(C)(C)N(S(=O)(=O)c2ccc(NC(=O)CCc3ccccc3)cc2)C(C)(C)C1. The fourth-order valence-corrected chi connectivity index (χ4v) is 7.36. The van der Waals surface area contributed by atoms with Crippen LogP contribution in [0.5, 0.6) is 0 Å². The van der Waals surface area contributed by atoms with Crippen LogP contribution in [0.4, 0.5) is 5.69 Å². The molecule has 3 rings (SSSR count). The van der Waals surface area contributed by atoms with Gasteiger partial charge in [0.1, 0.15) is 0 Å². The van der Waals surface area contributed by atoms with Crippen molar-refractivity contribution in [2.45, 2.75) is 75.4 Å². The molecule has 7 nitrogen and oxygen atoms in total. The molecule has 8 heteroatoms. The molecule has 2 aromatic rings. The average molecular weight is 498 g/mol. The number of nitrogens with one attached hydrogen (secondary N) is 2. The van der Waals surface area contributed by atoms with Gasteiger partial charge in [-0.25, -0.2) is 8.42 Å². The molecule has 0 saturated carbocycles. The van der Waals surface area contributed by atoms with E-state index in [1.165, 1.54) is 18.2 Å². The van der Waals surface area contributed by atoms with Gasteiger partial charge in [-0.3, -0.25) is 9.59 Å². The Morgan fingerprint density at radius 1 is 1.00 bits per heavy atom. The third-order valence-corrected chi connectivity index (χ3v) is 8.62. The molecule has 2 aromatic carbocycles. The second-order valence-electron chi connectivity index (χ2n) is 10.3. The van der Waals surface area contributed by atoms with Crippen molar-refractivity contribution >= 4 is 27.5 Å². The number of hydrogen-bond donors (Lipinski definition) is 2. The number of sulfonamides is 1. The maximum atomic E-state index is 13.7. The van der Waals surface area contributed by atoms with E-state index in [2.05, 4.69) is 17.2 Å². The predicted octanol–water partition coefficient (Wildman–Crippen LogP) is 4.27. The average Bonchev–Trinajstić information content (AvgIpc) is 2.76. The van der Waals surface area contributed by atoms with E-state index in [9.17, 15) is 18.0 Å². The van der Waals surface area contributed by atoms with Crippen LogP contribution in [0, 0.1) is 0 Å². The molecule has 188 valence electrons. The minimum atomic E-state index is -3.84. The van der Waals surface area contributed by atoms with Gasteiger partial charge in [0.05, 0.1) is 4.90 Å². The van der Waals surface area contributed by atoms with Crippen LogP contribution in [-0.4, -0.2) is 41.7 Å². The van der Waals surface area contributed by atoms with Gasteiger partial charge < -0.3 is 10.6 Å². The Balaban J connectivity index is 1.72. The van der Waals surface area contributed by atoms with Crippen LogP contribution in [0.2, 0.25) is 0 Å². The number of aryl methyl sites for hydroxylation is 1. The molecule has 0 atom stereocenters. The maximum absolute atomic E-state index is 13.7. The standard InChI is InChI=1S/C27H35N3O4S/c1-6-24(31)29-22-18-26(2,3)30(27(4,5)19-22)35(33,34)23-15-13-21(14-16-23)28-25(32)17-12-20-10-8-7-9-11-20/h6-11,13-16,22H,1,12,17-19H2,2-5H3,(H,28,32)(H,29,31). The quantitative estimate of drug-likeness (QED) is 0.533. The van der Waals surface area contributed by atoms with E-state index in [1.807, 2.05) is 58.0 Å². The molecule has 1 aliphatic rings. The fraction of sp³-hybridized carbons (Fsp3) is 0.407. The number of hydrogen-bond acceptors (Lipinski definition) is 4. The summed E-state index contributed by atoms with van der Waals surface area (Å²) >= 11 is 0. The lowest BCUT2D eigenvalue weighted by Gasteiger charge is -2.53. The highest BCUT2D eigenvalue weighted by molar-refractivity contribution is 7.89. The van der Waals surface area contributed by atoms with E-state index >= 15 is 0 Å². The van der Waals surface area contributed by atoms with Crippen molar-refractivity contribution in [2.24, 2.45) is 0 Å². The normalized spacial score (nSPS) is 17.9. The number of benzene rings is 2. The molecular formula is C27H35N3O4S. The van der Waals surface area contributed by atoms with E-state index in [0.29, 0.717) is 31.4 Å². The highest BCUT2D eigenvalue weighted by Gasteiger charge is 2.51. The Morgan fingerprint density at radius 3 is 2.11 bits per heavy atom. The first-order chi connectivity index (χ1) is 16.3. The summed E-state index contributed by atoms with van der Waals surface area (Å²) in [6, 6.07) is 15.9. The van der Waals surface area contributed by atoms with Gasteiger partial charge in [-0.15, -0.1) is 0 Å². The summed E-state index contributed by atoms with van der Waals surface area (Å²) in [6.07, 6.45) is 3.15. The minimum absolute atomic E-state index is 0.129. The fourth-order valence-electron chi connectivity index (χ4n) is 5.22. The van der Waals surface area contributed by atoms with Crippen LogP contribution >= 0.6 is 0 Å². The zero-order valence-electron chi connectivity index (χ0n) is 20.9. The summed E-state index contributed by atoms with van der Waals surface area (Å²) < 4.78 is 29.0. The molecule has 1 fully saturated rings. The molecule has 0 bridgehead atoms. The first-order valence-corrected chi connectivity index (χ1v) is 13.2. The van der Waals surface area contributed by atoms with Crippen molar-refractivity contribution in [1.29, 1.82) is 0 Å². The van der Waals surface area contributed by atoms with Crippen molar-refractivity contribution in [3.05, 3.63) is 72.8 Å². The Hall–Kier alpha value is -2.97. The molecule has 1 aliphatic heterocycles. The van der Waals surface area contributed by atoms with E-state index in [0.717, 1.165) is 5.56 Å². The number of carbonyl (C=O) groups is 2. The number of carbonyl (C=O) groups excluding carboxylic acids is 2. The number of piperidine rings is 1. The second kappa shape index (κ2) is 10.3. The van der Waals surface area contributed by atoms with E-state index in [-0.39, 0.29) is 22.8 Å². The first-order valence-electron chi connectivity index (χ1n) is 11.8. The van der Waals surface area contributed by atoms with Crippen LogP contribution in [0.15, 0.2) is 72.1 Å². The number of anilines is 1. The Labute approximate surface area is 208 Å². The lowest BCUT2D eigenvalue weighted by atomic mass is 9.79. The van der Waals surface area contributed by atoms with E-state index in [4.69, 9.17) is 0 Å². The molecule has 0 aliphatic carbocycles. The van der Waals surface area contributed by atoms with Gasteiger partial charge in [-0.1, -0.05) is 36.9 Å². The van der Waals surface area contributed by atoms with Crippen LogP contribution in [0.3, 0.4) is 0 Å². The van der Waals surface area contributed by atoms with Crippen molar-refractivity contribution in [3.63, 3.8) is 0 Å². The van der Waals surface area contributed by atoms with Crippen LogP contribution in [0.1, 0.15) is 52.5 Å². The Kier molecular flexibility index (Phi) is 7.87.